The van der Waals surface area contributed by atoms with Crippen molar-refractivity contribution in [3.63, 3.8) is 0 Å². The maximum atomic E-state index is 13.6. The second kappa shape index (κ2) is 5.93. The molecule has 1 aromatic carbocycles. The summed E-state index contributed by atoms with van der Waals surface area (Å²) in [5, 5.41) is 0. The molecule has 0 bridgehead atoms. The first-order valence-corrected chi connectivity index (χ1v) is 6.36. The first-order valence-electron chi connectivity index (χ1n) is 5.57. The average Bonchev–Trinajstić information content (AvgIpc) is 2.42. The van der Waals surface area contributed by atoms with Gasteiger partial charge in [0.15, 0.2) is 5.78 Å². The minimum absolute atomic E-state index is 0.0743. The molecule has 0 N–H and O–H groups in total. The highest BCUT2D eigenvalue weighted by molar-refractivity contribution is 9.10. The lowest BCUT2D eigenvalue weighted by molar-refractivity contribution is 0.0989. The fraction of sp³-hybridized carbons (Fsp3) is 0.143. The van der Waals surface area contributed by atoms with Crippen LogP contribution in [-0.2, 0) is 6.42 Å². The van der Waals surface area contributed by atoms with Gasteiger partial charge >= 0.3 is 0 Å². The molecule has 5 heteroatoms. The monoisotopic (exact) mass is 323 g/mol. The molecule has 1 heterocycles. The lowest BCUT2D eigenvalue weighted by atomic mass is 10.0. The van der Waals surface area contributed by atoms with E-state index in [1.165, 1.54) is 19.2 Å². The van der Waals surface area contributed by atoms with E-state index < -0.39 is 5.82 Å². The summed E-state index contributed by atoms with van der Waals surface area (Å²) >= 11 is 3.22. The van der Waals surface area contributed by atoms with Crippen LogP contribution in [0.3, 0.4) is 0 Å². The first-order chi connectivity index (χ1) is 9.10. The second-order valence-corrected chi connectivity index (χ2v) is 4.85. The van der Waals surface area contributed by atoms with E-state index in [1.54, 1.807) is 24.4 Å². The van der Waals surface area contributed by atoms with Crippen molar-refractivity contribution in [2.45, 2.75) is 6.42 Å². The van der Waals surface area contributed by atoms with Crippen LogP contribution in [0, 0.1) is 5.82 Å². The summed E-state index contributed by atoms with van der Waals surface area (Å²) in [6.07, 6.45) is 1.65. The molecular weight excluding hydrogens is 313 g/mol. The summed E-state index contributed by atoms with van der Waals surface area (Å²) in [6, 6.07) is 7.71. The van der Waals surface area contributed by atoms with Crippen LogP contribution in [0.25, 0.3) is 0 Å². The van der Waals surface area contributed by atoms with Gasteiger partial charge in [-0.15, -0.1) is 0 Å². The maximum absolute atomic E-state index is 13.6. The number of pyridine rings is 1. The quantitative estimate of drug-likeness (QED) is 0.809. The van der Waals surface area contributed by atoms with Gasteiger partial charge in [0.05, 0.1) is 12.7 Å². The zero-order chi connectivity index (χ0) is 13.8. The Morgan fingerprint density at radius 1 is 1.37 bits per heavy atom. The number of carbonyl (C=O) groups is 1. The number of Topliss-reactive ketones (excluding diaryl/α,β-unsaturated/α-hetero) is 1. The molecule has 0 radical (unpaired) electrons. The zero-order valence-corrected chi connectivity index (χ0v) is 11.8. The number of nitrogens with zero attached hydrogens (tertiary/aromatic N) is 1. The van der Waals surface area contributed by atoms with E-state index in [-0.39, 0.29) is 17.8 Å². The van der Waals surface area contributed by atoms with Gasteiger partial charge < -0.3 is 4.74 Å². The van der Waals surface area contributed by atoms with Gasteiger partial charge in [0.25, 0.3) is 0 Å². The molecule has 0 spiro atoms. The molecule has 1 aromatic heterocycles. The molecule has 0 saturated carbocycles. The number of hydrogen-bond donors (Lipinski definition) is 0. The Kier molecular flexibility index (Phi) is 4.27. The van der Waals surface area contributed by atoms with Crippen molar-refractivity contribution < 1.29 is 13.9 Å². The highest BCUT2D eigenvalue weighted by Crippen LogP contribution is 2.18. The van der Waals surface area contributed by atoms with Gasteiger partial charge in [0.2, 0.25) is 5.88 Å². The molecule has 0 fully saturated rings. The molecule has 0 aliphatic rings. The van der Waals surface area contributed by atoms with Gasteiger partial charge in [-0.25, -0.2) is 9.37 Å². The summed E-state index contributed by atoms with van der Waals surface area (Å²) in [4.78, 5) is 16.0. The molecule has 0 aliphatic heterocycles. The summed E-state index contributed by atoms with van der Waals surface area (Å²) in [5.74, 6) is -0.328. The minimum atomic E-state index is -0.519. The Morgan fingerprint density at radius 3 is 2.79 bits per heavy atom. The van der Waals surface area contributed by atoms with Gasteiger partial charge in [0, 0.05) is 23.2 Å². The van der Waals surface area contributed by atoms with E-state index >= 15 is 0 Å². The van der Waals surface area contributed by atoms with Crippen LogP contribution >= 0.6 is 15.9 Å². The van der Waals surface area contributed by atoms with E-state index in [9.17, 15) is 9.18 Å². The van der Waals surface area contributed by atoms with E-state index in [2.05, 4.69) is 20.9 Å². The van der Waals surface area contributed by atoms with E-state index in [0.717, 1.165) is 0 Å². The third-order valence-electron chi connectivity index (χ3n) is 2.60. The smallest absolute Gasteiger partial charge is 0.212 e. The number of ether oxygens (including phenoxy) is 1. The number of benzene rings is 1. The van der Waals surface area contributed by atoms with Crippen LogP contribution in [-0.4, -0.2) is 17.9 Å². The Balaban J connectivity index is 2.18. The highest BCUT2D eigenvalue weighted by atomic mass is 79.9. The van der Waals surface area contributed by atoms with Gasteiger partial charge in [-0.2, -0.15) is 0 Å². The SMILES string of the molecule is COc1ccc(CC(=O)c2cc(Br)ccc2F)cn1. The fourth-order valence-corrected chi connectivity index (χ4v) is 1.99. The molecule has 0 atom stereocenters. The first kappa shape index (κ1) is 13.7. The number of halogens is 2. The molecule has 0 unspecified atom stereocenters. The fourth-order valence-electron chi connectivity index (χ4n) is 1.63. The number of methoxy groups -OCH3 is 1. The summed E-state index contributed by atoms with van der Waals surface area (Å²) in [6.45, 7) is 0. The van der Waals surface area contributed by atoms with Crippen LogP contribution in [0.2, 0.25) is 0 Å². The van der Waals surface area contributed by atoms with Crippen molar-refractivity contribution in [2.75, 3.05) is 7.11 Å². The number of ketones is 1. The van der Waals surface area contributed by atoms with Gasteiger partial charge in [-0.05, 0) is 23.8 Å². The molecule has 0 saturated heterocycles. The Morgan fingerprint density at radius 2 is 2.16 bits per heavy atom. The lowest BCUT2D eigenvalue weighted by Gasteiger charge is -2.04. The number of rotatable bonds is 4. The predicted octanol–water partition coefficient (Wildman–Crippen LogP) is 3.42. The van der Waals surface area contributed by atoms with E-state index in [0.29, 0.717) is 15.9 Å². The van der Waals surface area contributed by atoms with Crippen molar-refractivity contribution in [2.24, 2.45) is 0 Å². The minimum Gasteiger partial charge on any atom is -0.481 e. The molecule has 2 rings (SSSR count). The van der Waals surface area contributed by atoms with Gasteiger partial charge in [0.1, 0.15) is 5.82 Å². The van der Waals surface area contributed by atoms with Crippen molar-refractivity contribution >= 4 is 21.7 Å². The average molecular weight is 324 g/mol. The van der Waals surface area contributed by atoms with E-state index in [4.69, 9.17) is 4.74 Å². The van der Waals surface area contributed by atoms with Crippen LogP contribution in [0.1, 0.15) is 15.9 Å². The summed E-state index contributed by atoms with van der Waals surface area (Å²) in [7, 11) is 1.52. The van der Waals surface area contributed by atoms with Crippen molar-refractivity contribution in [3.8, 4) is 5.88 Å². The van der Waals surface area contributed by atoms with Crippen LogP contribution < -0.4 is 4.74 Å². The summed E-state index contributed by atoms with van der Waals surface area (Å²) < 4.78 is 19.2. The van der Waals surface area contributed by atoms with Crippen molar-refractivity contribution in [1.82, 2.24) is 4.98 Å². The lowest BCUT2D eigenvalue weighted by Crippen LogP contribution is -2.06. The molecule has 0 aliphatic carbocycles. The molecule has 2 aromatic rings. The van der Waals surface area contributed by atoms with Crippen LogP contribution in [0.15, 0.2) is 41.0 Å². The Labute approximate surface area is 118 Å². The molecule has 3 nitrogen and oxygen atoms in total. The molecule has 98 valence electrons. The third kappa shape index (κ3) is 3.38. The van der Waals surface area contributed by atoms with E-state index in [1.807, 2.05) is 0 Å². The predicted molar refractivity (Wildman–Crippen MR) is 72.9 cm³/mol. The standard InChI is InChI=1S/C14H11BrFNO2/c1-19-14-5-2-9(8-17-14)6-13(18)11-7-10(15)3-4-12(11)16/h2-5,7-8H,6H2,1H3. The van der Waals surface area contributed by atoms with Gasteiger partial charge in [-0.1, -0.05) is 22.0 Å². The largest absolute Gasteiger partial charge is 0.481 e. The van der Waals surface area contributed by atoms with Crippen LogP contribution in [0.5, 0.6) is 5.88 Å². The van der Waals surface area contributed by atoms with Crippen LogP contribution in [0.4, 0.5) is 4.39 Å². The number of carbonyl (C=O) groups excluding carboxylic acids is 1. The summed E-state index contributed by atoms with van der Waals surface area (Å²) in [5.41, 5.74) is 0.787. The highest BCUT2D eigenvalue weighted by Gasteiger charge is 2.13. The molecular formula is C14H11BrFNO2. The number of aromatic nitrogens is 1. The number of hydrogen-bond acceptors (Lipinski definition) is 3. The van der Waals surface area contributed by atoms with Crippen molar-refractivity contribution in [1.29, 1.82) is 0 Å². The normalized spacial score (nSPS) is 10.3. The zero-order valence-electron chi connectivity index (χ0n) is 10.2. The Bertz CT molecular complexity index is 599. The maximum Gasteiger partial charge on any atom is 0.212 e. The topological polar surface area (TPSA) is 39.2 Å². The second-order valence-electron chi connectivity index (χ2n) is 3.93. The third-order valence-corrected chi connectivity index (χ3v) is 3.09. The van der Waals surface area contributed by atoms with Crippen molar-refractivity contribution in [3.05, 3.63) is 57.9 Å². The Hall–Kier alpha value is -1.75. The molecule has 0 amide bonds. The van der Waals surface area contributed by atoms with Gasteiger partial charge in [-0.3, -0.25) is 4.79 Å². The molecule has 19 heavy (non-hydrogen) atoms.